The summed E-state index contributed by atoms with van der Waals surface area (Å²) in [5.74, 6) is 0.546. The number of benzene rings is 1. The van der Waals surface area contributed by atoms with Gasteiger partial charge in [0.15, 0.2) is 0 Å². The minimum absolute atomic E-state index is 0.277. The maximum atomic E-state index is 6.13. The molecular weight excluding hydrogens is 226 g/mol. The van der Waals surface area contributed by atoms with Gasteiger partial charge in [-0.3, -0.25) is 0 Å². The lowest BCUT2D eigenvalue weighted by molar-refractivity contribution is 0.601. The lowest BCUT2D eigenvalue weighted by atomic mass is 10.1. The molecule has 2 heteroatoms. The molecule has 0 unspecified atom stereocenters. The molecule has 0 bridgehead atoms. The maximum absolute atomic E-state index is 6.13. The molecule has 0 spiro atoms. The predicted molar refractivity (Wildman–Crippen MR) is 74.3 cm³/mol. The van der Waals surface area contributed by atoms with E-state index in [0.29, 0.717) is 12.0 Å². The van der Waals surface area contributed by atoms with Gasteiger partial charge in [0.05, 0.1) is 0 Å². The van der Waals surface area contributed by atoms with Gasteiger partial charge < -0.3 is 5.73 Å². The minimum atomic E-state index is 0.277. The molecule has 2 aromatic rings. The highest BCUT2D eigenvalue weighted by Gasteiger charge is 2.56. The van der Waals surface area contributed by atoms with Gasteiger partial charge in [-0.25, -0.2) is 0 Å². The quantitative estimate of drug-likeness (QED) is 0.851. The molecule has 0 aliphatic heterocycles. The summed E-state index contributed by atoms with van der Waals surface area (Å²) in [7, 11) is 0. The molecule has 0 saturated heterocycles. The summed E-state index contributed by atoms with van der Waals surface area (Å²) in [6, 6.07) is 15.3. The van der Waals surface area contributed by atoms with Crippen LogP contribution >= 0.6 is 11.3 Å². The molecule has 1 aliphatic rings. The predicted octanol–water partition coefficient (Wildman–Crippen LogP) is 3.87. The molecule has 2 N–H and O–H groups in total. The fourth-order valence-electron chi connectivity index (χ4n) is 2.50. The largest absolute Gasteiger partial charge is 0.327 e. The van der Waals surface area contributed by atoms with Crippen LogP contribution < -0.4 is 5.73 Å². The standard InChI is InChI=1S/C15H17NS/c1-15(2)13(14(15)16)12-9-8-11(17-12)10-6-4-3-5-7-10/h3-9,13-14H,16H2,1-2H3/t13-,14-/m0/s1. The second-order valence-electron chi connectivity index (χ2n) is 5.39. The van der Waals surface area contributed by atoms with E-state index in [9.17, 15) is 0 Å². The first-order valence-electron chi connectivity index (χ1n) is 6.01. The van der Waals surface area contributed by atoms with Crippen molar-refractivity contribution in [2.45, 2.75) is 25.8 Å². The third-order valence-electron chi connectivity index (χ3n) is 3.90. The Morgan fingerprint density at radius 2 is 1.71 bits per heavy atom. The molecule has 17 heavy (non-hydrogen) atoms. The Morgan fingerprint density at radius 3 is 2.29 bits per heavy atom. The molecule has 1 nitrogen and oxygen atoms in total. The maximum Gasteiger partial charge on any atom is 0.0345 e. The summed E-state index contributed by atoms with van der Waals surface area (Å²) in [5.41, 5.74) is 7.71. The summed E-state index contributed by atoms with van der Waals surface area (Å²) < 4.78 is 0. The van der Waals surface area contributed by atoms with Gasteiger partial charge in [-0.15, -0.1) is 11.3 Å². The average Bonchev–Trinajstić information content (AvgIpc) is 2.72. The summed E-state index contributed by atoms with van der Waals surface area (Å²) >= 11 is 1.88. The van der Waals surface area contributed by atoms with Crippen molar-refractivity contribution in [3.05, 3.63) is 47.3 Å². The van der Waals surface area contributed by atoms with Gasteiger partial charge >= 0.3 is 0 Å². The van der Waals surface area contributed by atoms with Crippen molar-refractivity contribution in [1.82, 2.24) is 0 Å². The molecule has 0 amide bonds. The van der Waals surface area contributed by atoms with Crippen molar-refractivity contribution in [3.8, 4) is 10.4 Å². The Kier molecular flexibility index (Phi) is 2.39. The van der Waals surface area contributed by atoms with Crippen molar-refractivity contribution in [1.29, 1.82) is 0 Å². The van der Waals surface area contributed by atoms with Crippen LogP contribution in [0.3, 0.4) is 0 Å². The first kappa shape index (κ1) is 11.0. The number of rotatable bonds is 2. The Morgan fingerprint density at radius 1 is 1.06 bits per heavy atom. The molecule has 3 rings (SSSR count). The van der Waals surface area contributed by atoms with Gasteiger partial charge in [0.1, 0.15) is 0 Å². The highest BCUT2D eigenvalue weighted by atomic mass is 32.1. The smallest absolute Gasteiger partial charge is 0.0345 e. The number of hydrogen-bond acceptors (Lipinski definition) is 2. The summed E-state index contributed by atoms with van der Waals surface area (Å²) in [6.07, 6.45) is 0. The molecule has 1 fully saturated rings. The minimum Gasteiger partial charge on any atom is -0.327 e. The Hall–Kier alpha value is -1.12. The Labute approximate surface area is 106 Å². The normalized spacial score (nSPS) is 25.8. The van der Waals surface area contributed by atoms with Gasteiger partial charge in [0, 0.05) is 21.7 Å². The van der Waals surface area contributed by atoms with E-state index >= 15 is 0 Å². The van der Waals surface area contributed by atoms with Crippen molar-refractivity contribution in [2.75, 3.05) is 0 Å². The third-order valence-corrected chi connectivity index (χ3v) is 5.12. The zero-order chi connectivity index (χ0) is 12.0. The molecule has 1 aromatic carbocycles. The second kappa shape index (κ2) is 3.69. The Balaban J connectivity index is 1.90. The van der Waals surface area contributed by atoms with Gasteiger partial charge in [-0.1, -0.05) is 44.2 Å². The van der Waals surface area contributed by atoms with Gasteiger partial charge in [-0.2, -0.15) is 0 Å². The second-order valence-corrected chi connectivity index (χ2v) is 6.51. The van der Waals surface area contributed by atoms with Crippen LogP contribution in [0.15, 0.2) is 42.5 Å². The fraction of sp³-hybridized carbons (Fsp3) is 0.333. The van der Waals surface area contributed by atoms with E-state index in [1.54, 1.807) is 0 Å². The van der Waals surface area contributed by atoms with Crippen LogP contribution in [-0.2, 0) is 0 Å². The molecule has 1 heterocycles. The molecule has 2 atom stereocenters. The molecule has 1 aromatic heterocycles. The topological polar surface area (TPSA) is 26.0 Å². The van der Waals surface area contributed by atoms with Crippen LogP contribution in [0, 0.1) is 5.41 Å². The van der Waals surface area contributed by atoms with Crippen molar-refractivity contribution >= 4 is 11.3 Å². The van der Waals surface area contributed by atoms with E-state index in [1.807, 2.05) is 11.3 Å². The number of hydrogen-bond donors (Lipinski definition) is 1. The zero-order valence-corrected chi connectivity index (χ0v) is 11.0. The van der Waals surface area contributed by atoms with Gasteiger partial charge in [0.25, 0.3) is 0 Å². The fourth-order valence-corrected chi connectivity index (χ4v) is 3.86. The molecule has 88 valence electrons. The molecule has 0 radical (unpaired) electrons. The van der Waals surface area contributed by atoms with E-state index in [-0.39, 0.29) is 5.41 Å². The zero-order valence-electron chi connectivity index (χ0n) is 10.2. The summed E-state index contributed by atoms with van der Waals surface area (Å²) in [6.45, 7) is 4.51. The van der Waals surface area contributed by atoms with Crippen molar-refractivity contribution in [2.24, 2.45) is 11.1 Å². The van der Waals surface area contributed by atoms with E-state index in [0.717, 1.165) is 0 Å². The van der Waals surface area contributed by atoms with Crippen molar-refractivity contribution in [3.63, 3.8) is 0 Å². The molecular formula is C15H17NS. The lowest BCUT2D eigenvalue weighted by Crippen LogP contribution is -2.06. The van der Waals surface area contributed by atoms with Crippen molar-refractivity contribution < 1.29 is 0 Å². The highest BCUT2D eigenvalue weighted by Crippen LogP contribution is 2.59. The van der Waals surface area contributed by atoms with Gasteiger partial charge in [0.2, 0.25) is 0 Å². The van der Waals surface area contributed by atoms with Crippen LogP contribution in [0.4, 0.5) is 0 Å². The van der Waals surface area contributed by atoms with Crippen LogP contribution in [0.2, 0.25) is 0 Å². The van der Waals surface area contributed by atoms with Crippen LogP contribution in [-0.4, -0.2) is 6.04 Å². The first-order chi connectivity index (χ1) is 8.10. The third kappa shape index (κ3) is 1.72. The monoisotopic (exact) mass is 243 g/mol. The summed E-state index contributed by atoms with van der Waals surface area (Å²) in [5, 5.41) is 0. The van der Waals surface area contributed by atoms with E-state index < -0.39 is 0 Å². The SMILES string of the molecule is CC1(C)[C@@H](N)[C@@H]1c1ccc(-c2ccccc2)s1. The summed E-state index contributed by atoms with van der Waals surface area (Å²) in [4.78, 5) is 2.77. The van der Waals surface area contributed by atoms with Gasteiger partial charge in [-0.05, 0) is 23.1 Å². The average molecular weight is 243 g/mol. The number of thiophene rings is 1. The highest BCUT2D eigenvalue weighted by molar-refractivity contribution is 7.15. The lowest BCUT2D eigenvalue weighted by Gasteiger charge is -1.98. The van der Waals surface area contributed by atoms with Crippen LogP contribution in [0.5, 0.6) is 0 Å². The van der Waals surface area contributed by atoms with E-state index in [4.69, 9.17) is 5.73 Å². The van der Waals surface area contributed by atoms with E-state index in [1.165, 1.54) is 15.3 Å². The van der Waals surface area contributed by atoms with Crippen LogP contribution in [0.25, 0.3) is 10.4 Å². The van der Waals surface area contributed by atoms with E-state index in [2.05, 4.69) is 56.3 Å². The molecule has 1 saturated carbocycles. The number of nitrogens with two attached hydrogens (primary N) is 1. The van der Waals surface area contributed by atoms with Crippen LogP contribution in [0.1, 0.15) is 24.6 Å². The Bertz CT molecular complexity index is 527. The first-order valence-corrected chi connectivity index (χ1v) is 6.83. The molecule has 1 aliphatic carbocycles.